The molecule has 0 aliphatic rings. The second-order valence-electron chi connectivity index (χ2n) is 17.4. The fraction of sp³-hybridized carbons (Fsp3) is 0.818. The number of ether oxygens (including phenoxy) is 3. The van der Waals surface area contributed by atoms with E-state index in [1.54, 1.807) is 0 Å². The molecule has 0 saturated heterocycles. The van der Waals surface area contributed by atoms with Crippen LogP contribution >= 0.6 is 0 Å². The lowest BCUT2D eigenvalue weighted by Gasteiger charge is -2.18. The van der Waals surface area contributed by atoms with E-state index in [1.165, 1.54) is 161 Å². The van der Waals surface area contributed by atoms with Crippen LogP contribution in [0, 0.1) is 0 Å². The molecule has 0 aliphatic carbocycles. The number of unbranched alkanes of at least 4 members (excludes halogenated alkanes) is 29. The zero-order valence-corrected chi connectivity index (χ0v) is 40.2. The first-order valence-electron chi connectivity index (χ1n) is 26.2. The van der Waals surface area contributed by atoms with E-state index >= 15 is 0 Å². The minimum atomic E-state index is -0.547. The van der Waals surface area contributed by atoms with Gasteiger partial charge < -0.3 is 14.2 Å². The molecule has 0 rings (SSSR count). The van der Waals surface area contributed by atoms with E-state index in [0.29, 0.717) is 19.4 Å². The number of hydrogen-bond acceptors (Lipinski definition) is 5. The van der Waals surface area contributed by atoms with Gasteiger partial charge in [0.1, 0.15) is 6.61 Å². The lowest BCUT2D eigenvalue weighted by molar-refractivity contribution is -0.163. The van der Waals surface area contributed by atoms with Crippen LogP contribution < -0.4 is 0 Å². The topological polar surface area (TPSA) is 61.8 Å². The van der Waals surface area contributed by atoms with E-state index in [1.807, 2.05) is 0 Å². The molecule has 350 valence electrons. The van der Waals surface area contributed by atoms with Crippen molar-refractivity contribution >= 4 is 11.9 Å². The van der Waals surface area contributed by atoms with Crippen molar-refractivity contribution < 1.29 is 23.8 Å². The van der Waals surface area contributed by atoms with Crippen molar-refractivity contribution in [3.63, 3.8) is 0 Å². The van der Waals surface area contributed by atoms with Crippen LogP contribution in [0.1, 0.15) is 265 Å². The van der Waals surface area contributed by atoms with Crippen LogP contribution in [-0.4, -0.2) is 37.9 Å². The summed E-state index contributed by atoms with van der Waals surface area (Å²) < 4.78 is 17.4. The Morgan fingerprint density at radius 1 is 0.383 bits per heavy atom. The molecule has 1 atom stereocenters. The summed E-state index contributed by atoms with van der Waals surface area (Å²) in [7, 11) is 0. The first-order valence-corrected chi connectivity index (χ1v) is 26.2. The van der Waals surface area contributed by atoms with Crippen LogP contribution in [0.15, 0.2) is 48.6 Å². The first kappa shape index (κ1) is 57.9. The Bertz CT molecular complexity index is 997. The van der Waals surface area contributed by atoms with Gasteiger partial charge in [0, 0.05) is 19.4 Å². The highest BCUT2D eigenvalue weighted by molar-refractivity contribution is 5.70. The Morgan fingerprint density at radius 3 is 1.20 bits per heavy atom. The van der Waals surface area contributed by atoms with Crippen LogP contribution in [0.2, 0.25) is 0 Å². The van der Waals surface area contributed by atoms with Gasteiger partial charge in [-0.2, -0.15) is 0 Å². The van der Waals surface area contributed by atoms with Gasteiger partial charge in [0.2, 0.25) is 0 Å². The summed E-state index contributed by atoms with van der Waals surface area (Å²) >= 11 is 0. The van der Waals surface area contributed by atoms with E-state index in [9.17, 15) is 9.59 Å². The lowest BCUT2D eigenvalue weighted by Crippen LogP contribution is -2.30. The molecule has 5 nitrogen and oxygen atoms in total. The summed E-state index contributed by atoms with van der Waals surface area (Å²) in [6.07, 6.45) is 62.6. The van der Waals surface area contributed by atoms with Crippen molar-refractivity contribution in [2.24, 2.45) is 0 Å². The number of carbonyl (C=O) groups excluding carboxylic acids is 2. The Labute approximate surface area is 373 Å². The van der Waals surface area contributed by atoms with Gasteiger partial charge in [-0.3, -0.25) is 9.59 Å². The molecule has 0 fully saturated rings. The average molecular weight is 841 g/mol. The molecule has 1 unspecified atom stereocenters. The van der Waals surface area contributed by atoms with Crippen molar-refractivity contribution in [1.82, 2.24) is 0 Å². The Balaban J connectivity index is 4.30. The van der Waals surface area contributed by atoms with Gasteiger partial charge in [-0.05, 0) is 57.8 Å². The number of carbonyl (C=O) groups is 2. The second-order valence-corrected chi connectivity index (χ2v) is 17.4. The van der Waals surface area contributed by atoms with Crippen molar-refractivity contribution in [2.45, 2.75) is 271 Å². The zero-order valence-electron chi connectivity index (χ0n) is 40.2. The molecule has 0 amide bonds. The van der Waals surface area contributed by atoms with Gasteiger partial charge in [0.05, 0.1) is 6.61 Å². The molecule has 0 heterocycles. The fourth-order valence-electron chi connectivity index (χ4n) is 7.50. The highest BCUT2D eigenvalue weighted by atomic mass is 16.6. The Morgan fingerprint density at radius 2 is 0.750 bits per heavy atom. The molecule has 0 aromatic carbocycles. The van der Waals surface area contributed by atoms with E-state index < -0.39 is 6.10 Å². The van der Waals surface area contributed by atoms with Crippen LogP contribution in [-0.2, 0) is 23.8 Å². The normalized spacial score (nSPS) is 12.5. The number of rotatable bonds is 48. The Hall–Kier alpha value is -2.14. The molecule has 0 radical (unpaired) electrons. The van der Waals surface area contributed by atoms with Crippen molar-refractivity contribution in [3.8, 4) is 0 Å². The monoisotopic (exact) mass is 841 g/mol. The van der Waals surface area contributed by atoms with Gasteiger partial charge in [-0.15, -0.1) is 0 Å². The fourth-order valence-corrected chi connectivity index (χ4v) is 7.50. The Kier molecular flexibility index (Phi) is 49.4. The molecule has 60 heavy (non-hydrogen) atoms. The minimum Gasteiger partial charge on any atom is -0.462 e. The third-order valence-corrected chi connectivity index (χ3v) is 11.4. The molecule has 0 aromatic heterocycles. The average Bonchev–Trinajstić information content (AvgIpc) is 3.25. The quantitative estimate of drug-likeness (QED) is 0.0347. The summed E-state index contributed by atoms with van der Waals surface area (Å²) in [5.41, 5.74) is 0. The molecule has 0 aliphatic heterocycles. The van der Waals surface area contributed by atoms with Gasteiger partial charge in [0.15, 0.2) is 6.10 Å². The molecule has 0 bridgehead atoms. The molecule has 0 aromatic rings. The third kappa shape index (κ3) is 48.5. The third-order valence-electron chi connectivity index (χ3n) is 11.4. The highest BCUT2D eigenvalue weighted by Crippen LogP contribution is 2.16. The van der Waals surface area contributed by atoms with E-state index in [2.05, 4.69) is 69.4 Å². The summed E-state index contributed by atoms with van der Waals surface area (Å²) in [5, 5.41) is 0. The van der Waals surface area contributed by atoms with Crippen molar-refractivity contribution in [3.05, 3.63) is 48.6 Å². The largest absolute Gasteiger partial charge is 0.462 e. The predicted octanol–water partition coefficient (Wildman–Crippen LogP) is 17.6. The first-order chi connectivity index (χ1) is 29.6. The van der Waals surface area contributed by atoms with E-state index in [-0.39, 0.29) is 25.2 Å². The molecule has 0 saturated carbocycles. The van der Waals surface area contributed by atoms with Crippen molar-refractivity contribution in [2.75, 3.05) is 19.8 Å². The molecule has 0 spiro atoms. The highest BCUT2D eigenvalue weighted by Gasteiger charge is 2.17. The number of esters is 2. The van der Waals surface area contributed by atoms with Crippen LogP contribution in [0.25, 0.3) is 0 Å². The van der Waals surface area contributed by atoms with Crippen LogP contribution in [0.3, 0.4) is 0 Å². The summed E-state index contributed by atoms with van der Waals surface area (Å²) in [6.45, 7) is 7.71. The zero-order chi connectivity index (χ0) is 43.5. The summed E-state index contributed by atoms with van der Waals surface area (Å²) in [4.78, 5) is 25.4. The summed E-state index contributed by atoms with van der Waals surface area (Å²) in [5.74, 6) is -0.431. The number of hydrogen-bond donors (Lipinski definition) is 0. The molecule has 5 heteroatoms. The second kappa shape index (κ2) is 51.2. The van der Waals surface area contributed by atoms with Gasteiger partial charge in [-0.1, -0.05) is 243 Å². The summed E-state index contributed by atoms with van der Waals surface area (Å²) in [6, 6.07) is 0. The standard InChI is InChI=1S/C55H100O5/c1-4-7-10-13-16-19-22-25-28-30-33-36-39-42-45-48-54(56)59-52-53(51-58-50-47-44-41-38-35-32-27-24-21-18-15-12-9-6-3)60-55(57)49-46-43-40-37-34-31-29-26-23-20-17-14-11-8-5-2/h7,10,16,19,25,28,33,36,53H,4-6,8-9,11-15,17-18,20-24,26-27,29-32,34-35,37-52H2,1-3H3/b10-7-,19-16-,28-25-,36-33-. The molecular weight excluding hydrogens is 741 g/mol. The van der Waals surface area contributed by atoms with Crippen molar-refractivity contribution in [1.29, 1.82) is 0 Å². The van der Waals surface area contributed by atoms with Gasteiger partial charge in [0.25, 0.3) is 0 Å². The van der Waals surface area contributed by atoms with Gasteiger partial charge >= 0.3 is 11.9 Å². The minimum absolute atomic E-state index is 0.0685. The van der Waals surface area contributed by atoms with E-state index in [4.69, 9.17) is 14.2 Å². The predicted molar refractivity (Wildman–Crippen MR) is 261 cm³/mol. The van der Waals surface area contributed by atoms with Crippen LogP contribution in [0.5, 0.6) is 0 Å². The lowest BCUT2D eigenvalue weighted by atomic mass is 10.0. The van der Waals surface area contributed by atoms with Crippen LogP contribution in [0.4, 0.5) is 0 Å². The molecule has 0 N–H and O–H groups in total. The number of allylic oxidation sites excluding steroid dienone is 8. The van der Waals surface area contributed by atoms with E-state index in [0.717, 1.165) is 70.6 Å². The maximum absolute atomic E-state index is 12.8. The molecular formula is C55H100O5. The maximum Gasteiger partial charge on any atom is 0.306 e. The smallest absolute Gasteiger partial charge is 0.306 e. The maximum atomic E-state index is 12.8. The SMILES string of the molecule is CC/C=C\C/C=C\C/C=C\C/C=C\CCCCC(=O)OCC(COCCCCCCCCCCCCCCCC)OC(=O)CCCCCCCCCCCCCCCCC. The van der Waals surface area contributed by atoms with Gasteiger partial charge in [-0.25, -0.2) is 0 Å².